The Labute approximate surface area is 117 Å². The lowest BCUT2D eigenvalue weighted by atomic mass is 10.2. The third-order valence-corrected chi connectivity index (χ3v) is 3.49. The first-order valence-corrected chi connectivity index (χ1v) is 6.94. The predicted molar refractivity (Wildman–Crippen MR) is 74.9 cm³/mol. The van der Waals surface area contributed by atoms with E-state index in [-0.39, 0.29) is 12.3 Å². The molecular weight excluding hydrogens is 260 g/mol. The van der Waals surface area contributed by atoms with Crippen LogP contribution in [0.1, 0.15) is 25.7 Å². The molecule has 0 saturated heterocycles. The first-order valence-electron chi connectivity index (χ1n) is 6.94. The number of nitro groups is 1. The van der Waals surface area contributed by atoms with E-state index in [1.54, 1.807) is 0 Å². The van der Waals surface area contributed by atoms with E-state index in [9.17, 15) is 15.2 Å². The van der Waals surface area contributed by atoms with Crippen LogP contribution in [0.5, 0.6) is 5.75 Å². The molecule has 6 nitrogen and oxygen atoms in total. The van der Waals surface area contributed by atoms with Crippen LogP contribution in [-0.4, -0.2) is 35.3 Å². The molecule has 1 atom stereocenters. The first kappa shape index (κ1) is 14.7. The molecule has 1 aromatic rings. The average Bonchev–Trinajstić information content (AvgIpc) is 2.96. The number of non-ortho nitro benzene ring substituents is 1. The maximum atomic E-state index is 10.5. The molecule has 0 unspecified atom stereocenters. The van der Waals surface area contributed by atoms with Crippen molar-refractivity contribution in [2.45, 2.75) is 37.8 Å². The van der Waals surface area contributed by atoms with E-state index in [1.165, 1.54) is 49.9 Å². The van der Waals surface area contributed by atoms with Gasteiger partial charge in [0.25, 0.3) is 5.69 Å². The predicted octanol–water partition coefficient (Wildman–Crippen LogP) is 1.87. The molecule has 0 aromatic heterocycles. The Balaban J connectivity index is 1.69. The molecule has 0 amide bonds. The summed E-state index contributed by atoms with van der Waals surface area (Å²) < 4.78 is 5.41. The summed E-state index contributed by atoms with van der Waals surface area (Å²) >= 11 is 0. The van der Waals surface area contributed by atoms with Crippen LogP contribution in [0.4, 0.5) is 5.69 Å². The fourth-order valence-corrected chi connectivity index (χ4v) is 2.35. The summed E-state index contributed by atoms with van der Waals surface area (Å²) in [4.78, 5) is 10.1. The monoisotopic (exact) mass is 280 g/mol. The van der Waals surface area contributed by atoms with Gasteiger partial charge in [-0.2, -0.15) is 0 Å². The number of hydrogen-bond acceptors (Lipinski definition) is 5. The van der Waals surface area contributed by atoms with Gasteiger partial charge in [-0.15, -0.1) is 0 Å². The third-order valence-electron chi connectivity index (χ3n) is 3.49. The molecule has 1 fully saturated rings. The number of nitrogens with one attached hydrogen (secondary N) is 1. The van der Waals surface area contributed by atoms with Gasteiger partial charge in [0, 0.05) is 24.7 Å². The van der Waals surface area contributed by atoms with E-state index in [4.69, 9.17) is 4.74 Å². The second kappa shape index (κ2) is 7.21. The first-order chi connectivity index (χ1) is 9.65. The zero-order valence-electron chi connectivity index (χ0n) is 11.3. The fourth-order valence-electron chi connectivity index (χ4n) is 2.35. The van der Waals surface area contributed by atoms with E-state index >= 15 is 0 Å². The highest BCUT2D eigenvalue weighted by molar-refractivity contribution is 5.35. The van der Waals surface area contributed by atoms with Crippen molar-refractivity contribution in [3.8, 4) is 5.75 Å². The highest BCUT2D eigenvalue weighted by Gasteiger charge is 2.15. The van der Waals surface area contributed by atoms with Crippen LogP contribution in [0.3, 0.4) is 0 Å². The van der Waals surface area contributed by atoms with Crippen LogP contribution in [0.25, 0.3) is 0 Å². The standard InChI is InChI=1S/C14H20N2O4/c17-13(9-15-11-3-1-2-4-11)10-20-14-7-5-12(6-8-14)16(18)19/h5-8,11,13,15,17H,1-4,9-10H2/t13-/m1/s1. The Morgan fingerprint density at radius 1 is 1.35 bits per heavy atom. The molecule has 1 aliphatic carbocycles. The van der Waals surface area contributed by atoms with Gasteiger partial charge in [-0.05, 0) is 25.0 Å². The Kier molecular flexibility index (Phi) is 5.31. The van der Waals surface area contributed by atoms with Gasteiger partial charge in [-0.25, -0.2) is 0 Å². The van der Waals surface area contributed by atoms with Crippen molar-refractivity contribution in [3.63, 3.8) is 0 Å². The summed E-state index contributed by atoms with van der Waals surface area (Å²) in [6.07, 6.45) is 4.29. The van der Waals surface area contributed by atoms with E-state index in [0.29, 0.717) is 18.3 Å². The van der Waals surface area contributed by atoms with Gasteiger partial charge in [-0.1, -0.05) is 12.8 Å². The van der Waals surface area contributed by atoms with Gasteiger partial charge in [0.05, 0.1) is 4.92 Å². The minimum Gasteiger partial charge on any atom is -0.491 e. The molecule has 20 heavy (non-hydrogen) atoms. The molecule has 6 heteroatoms. The normalized spacial score (nSPS) is 17.1. The molecular formula is C14H20N2O4. The third kappa shape index (κ3) is 4.47. The van der Waals surface area contributed by atoms with Crippen molar-refractivity contribution in [1.82, 2.24) is 5.32 Å². The van der Waals surface area contributed by atoms with E-state index in [0.717, 1.165) is 0 Å². The molecule has 0 radical (unpaired) electrons. The van der Waals surface area contributed by atoms with Gasteiger partial charge >= 0.3 is 0 Å². The molecule has 0 bridgehead atoms. The average molecular weight is 280 g/mol. The number of ether oxygens (including phenoxy) is 1. The number of aliphatic hydroxyl groups excluding tert-OH is 1. The summed E-state index contributed by atoms with van der Waals surface area (Å²) in [5, 5.41) is 23.6. The summed E-state index contributed by atoms with van der Waals surface area (Å²) in [7, 11) is 0. The largest absolute Gasteiger partial charge is 0.491 e. The molecule has 1 aliphatic rings. The number of rotatable bonds is 7. The molecule has 1 saturated carbocycles. The van der Waals surface area contributed by atoms with Gasteiger partial charge in [0.1, 0.15) is 18.5 Å². The van der Waals surface area contributed by atoms with E-state index in [1.807, 2.05) is 0 Å². The lowest BCUT2D eigenvalue weighted by Crippen LogP contribution is -2.36. The van der Waals surface area contributed by atoms with Crippen LogP contribution < -0.4 is 10.1 Å². The van der Waals surface area contributed by atoms with Crippen molar-refractivity contribution in [2.24, 2.45) is 0 Å². The van der Waals surface area contributed by atoms with E-state index in [2.05, 4.69) is 5.32 Å². The second-order valence-corrected chi connectivity index (χ2v) is 5.11. The molecule has 0 aliphatic heterocycles. The van der Waals surface area contributed by atoms with Crippen molar-refractivity contribution >= 4 is 5.69 Å². The summed E-state index contributed by atoms with van der Waals surface area (Å²) in [5.74, 6) is 0.524. The Morgan fingerprint density at radius 2 is 2.00 bits per heavy atom. The highest BCUT2D eigenvalue weighted by atomic mass is 16.6. The van der Waals surface area contributed by atoms with Crippen LogP contribution in [0.2, 0.25) is 0 Å². The minimum atomic E-state index is -0.578. The minimum absolute atomic E-state index is 0.0285. The molecule has 110 valence electrons. The van der Waals surface area contributed by atoms with E-state index < -0.39 is 11.0 Å². The number of benzene rings is 1. The summed E-state index contributed by atoms with van der Waals surface area (Å²) in [5.41, 5.74) is 0.0285. The zero-order valence-corrected chi connectivity index (χ0v) is 11.3. The molecule has 0 heterocycles. The maximum absolute atomic E-state index is 10.5. The van der Waals surface area contributed by atoms with Crippen molar-refractivity contribution in [2.75, 3.05) is 13.2 Å². The van der Waals surface area contributed by atoms with Gasteiger partial charge in [0.2, 0.25) is 0 Å². The summed E-state index contributed by atoms with van der Waals surface area (Å²) in [6, 6.07) is 6.37. The number of nitro benzene ring substituents is 1. The Hall–Kier alpha value is -1.66. The van der Waals surface area contributed by atoms with Crippen LogP contribution in [0, 0.1) is 10.1 Å². The van der Waals surface area contributed by atoms with Crippen LogP contribution >= 0.6 is 0 Å². The van der Waals surface area contributed by atoms with Gasteiger partial charge in [0.15, 0.2) is 0 Å². The highest BCUT2D eigenvalue weighted by Crippen LogP contribution is 2.18. The SMILES string of the molecule is O=[N+]([O-])c1ccc(OC[C@H](O)CNC2CCCC2)cc1. The lowest BCUT2D eigenvalue weighted by molar-refractivity contribution is -0.384. The second-order valence-electron chi connectivity index (χ2n) is 5.11. The lowest BCUT2D eigenvalue weighted by Gasteiger charge is -2.16. The number of aliphatic hydroxyl groups is 1. The van der Waals surface area contributed by atoms with Gasteiger partial charge < -0.3 is 15.2 Å². The van der Waals surface area contributed by atoms with Crippen molar-refractivity contribution in [1.29, 1.82) is 0 Å². The fraction of sp³-hybridized carbons (Fsp3) is 0.571. The van der Waals surface area contributed by atoms with Crippen LogP contribution in [-0.2, 0) is 0 Å². The van der Waals surface area contributed by atoms with Gasteiger partial charge in [-0.3, -0.25) is 10.1 Å². The number of hydrogen-bond donors (Lipinski definition) is 2. The van der Waals surface area contributed by atoms with Crippen LogP contribution in [0.15, 0.2) is 24.3 Å². The van der Waals surface area contributed by atoms with Crippen molar-refractivity contribution in [3.05, 3.63) is 34.4 Å². The quantitative estimate of drug-likeness (QED) is 0.588. The number of nitrogens with zero attached hydrogens (tertiary/aromatic N) is 1. The summed E-state index contributed by atoms with van der Waals surface area (Å²) in [6.45, 7) is 0.690. The Bertz CT molecular complexity index is 429. The molecule has 0 spiro atoms. The molecule has 1 aromatic carbocycles. The topological polar surface area (TPSA) is 84.6 Å². The molecule has 2 rings (SSSR count). The van der Waals surface area contributed by atoms with Crippen molar-refractivity contribution < 1.29 is 14.8 Å². The maximum Gasteiger partial charge on any atom is 0.269 e. The zero-order chi connectivity index (χ0) is 14.4. The Morgan fingerprint density at radius 3 is 2.60 bits per heavy atom. The molecule has 2 N–H and O–H groups in total. The smallest absolute Gasteiger partial charge is 0.269 e.